The summed E-state index contributed by atoms with van der Waals surface area (Å²) >= 11 is 1.12. The van der Waals surface area contributed by atoms with Gasteiger partial charge in [0, 0.05) is 12.7 Å². The summed E-state index contributed by atoms with van der Waals surface area (Å²) in [4.78, 5) is 28.0. The van der Waals surface area contributed by atoms with Crippen LogP contribution in [0.15, 0.2) is 46.1 Å². The van der Waals surface area contributed by atoms with Gasteiger partial charge in [-0.05, 0) is 30.0 Å². The van der Waals surface area contributed by atoms with Crippen LogP contribution in [0.2, 0.25) is 0 Å². The zero-order chi connectivity index (χ0) is 20.0. The average Bonchev–Trinajstić information content (AvgIpc) is 3.27. The first kappa shape index (κ1) is 20.4. The van der Waals surface area contributed by atoms with Crippen LogP contribution in [0.5, 0.6) is 0 Å². The minimum absolute atomic E-state index is 0.117. The van der Waals surface area contributed by atoms with Crippen molar-refractivity contribution in [3.05, 3.63) is 47.6 Å². The topological polar surface area (TPSA) is 118 Å². The van der Waals surface area contributed by atoms with Gasteiger partial charge in [0.15, 0.2) is 0 Å². The molecule has 2 aromatic rings. The molecule has 0 aliphatic carbocycles. The Morgan fingerprint density at radius 2 is 2.04 bits per heavy atom. The summed E-state index contributed by atoms with van der Waals surface area (Å²) in [6.45, 7) is 0.655. The number of nitrogens with zero attached hydrogens (tertiary/aromatic N) is 2. The lowest BCUT2D eigenvalue weighted by Crippen LogP contribution is -2.52. The van der Waals surface area contributed by atoms with Crippen molar-refractivity contribution < 1.29 is 22.7 Å². The molecule has 9 nitrogen and oxygen atoms in total. The van der Waals surface area contributed by atoms with E-state index in [0.717, 1.165) is 11.3 Å². The van der Waals surface area contributed by atoms with E-state index >= 15 is 0 Å². The van der Waals surface area contributed by atoms with Crippen molar-refractivity contribution in [3.63, 3.8) is 0 Å². The normalized spacial score (nSPS) is 17.8. The zero-order valence-corrected chi connectivity index (χ0v) is 16.5. The Labute approximate surface area is 166 Å². The molecule has 1 aliphatic heterocycles. The van der Waals surface area contributed by atoms with Gasteiger partial charge in [-0.2, -0.15) is 4.31 Å². The van der Waals surface area contributed by atoms with E-state index < -0.39 is 28.1 Å². The number of sulfonamides is 1. The van der Waals surface area contributed by atoms with Crippen molar-refractivity contribution in [2.45, 2.75) is 23.4 Å². The van der Waals surface area contributed by atoms with Gasteiger partial charge in [-0.15, -0.1) is 11.3 Å². The maximum Gasteiger partial charge on any atom is 0.309 e. The van der Waals surface area contributed by atoms with Crippen LogP contribution in [0.3, 0.4) is 0 Å². The number of pyridine rings is 1. The lowest BCUT2D eigenvalue weighted by atomic mass is 10.3. The molecule has 0 spiro atoms. The van der Waals surface area contributed by atoms with Gasteiger partial charge in [0.1, 0.15) is 10.4 Å². The molecule has 11 heteroatoms. The predicted molar refractivity (Wildman–Crippen MR) is 102 cm³/mol. The second kappa shape index (κ2) is 9.24. The largest absolute Gasteiger partial charge is 0.360 e. The summed E-state index contributed by atoms with van der Waals surface area (Å²) in [5.74, 6) is -1.69. The molecule has 0 radical (unpaired) electrons. The Balaban J connectivity index is 1.55. The molecular formula is C17H20N4O5S2. The first-order valence-electron chi connectivity index (χ1n) is 8.61. The molecule has 3 heterocycles. The Morgan fingerprint density at radius 1 is 1.21 bits per heavy atom. The van der Waals surface area contributed by atoms with Crippen molar-refractivity contribution in [2.24, 2.45) is 0 Å². The second-order valence-corrected chi connectivity index (χ2v) is 9.01. The number of rotatable bonds is 6. The van der Waals surface area contributed by atoms with Gasteiger partial charge in [0.05, 0.1) is 25.4 Å². The molecule has 2 amide bonds. The van der Waals surface area contributed by atoms with Crippen molar-refractivity contribution in [3.8, 4) is 0 Å². The second-order valence-electron chi connectivity index (χ2n) is 5.94. The number of carbonyl (C=O) groups is 2. The molecule has 2 aromatic heterocycles. The fraction of sp³-hybridized carbons (Fsp3) is 0.353. The van der Waals surface area contributed by atoms with Gasteiger partial charge in [-0.3, -0.25) is 14.6 Å². The van der Waals surface area contributed by atoms with Crippen LogP contribution in [0.4, 0.5) is 0 Å². The van der Waals surface area contributed by atoms with E-state index in [4.69, 9.17) is 4.74 Å². The molecule has 1 aliphatic rings. The summed E-state index contributed by atoms with van der Waals surface area (Å²) in [5.41, 5.74) is 0.618. The van der Waals surface area contributed by atoms with E-state index in [1.807, 2.05) is 0 Å². The monoisotopic (exact) mass is 424 g/mol. The smallest absolute Gasteiger partial charge is 0.309 e. The molecule has 1 atom stereocenters. The van der Waals surface area contributed by atoms with Gasteiger partial charge in [-0.1, -0.05) is 12.1 Å². The third kappa shape index (κ3) is 4.93. The van der Waals surface area contributed by atoms with Crippen LogP contribution in [-0.2, 0) is 30.9 Å². The number of thiophene rings is 1. The van der Waals surface area contributed by atoms with Crippen LogP contribution in [0.25, 0.3) is 0 Å². The Kier molecular flexibility index (Phi) is 6.73. The van der Waals surface area contributed by atoms with Gasteiger partial charge >= 0.3 is 11.8 Å². The number of nitrogens with one attached hydrogen (secondary N) is 2. The first-order chi connectivity index (χ1) is 13.5. The molecule has 0 saturated carbocycles. The lowest BCUT2D eigenvalue weighted by molar-refractivity contribution is -0.140. The van der Waals surface area contributed by atoms with Crippen LogP contribution >= 0.6 is 11.3 Å². The van der Waals surface area contributed by atoms with Gasteiger partial charge in [-0.25, -0.2) is 8.42 Å². The maximum absolute atomic E-state index is 12.8. The van der Waals surface area contributed by atoms with Gasteiger partial charge in [0.2, 0.25) is 0 Å². The number of carbonyl (C=O) groups excluding carboxylic acids is 2. The highest BCUT2D eigenvalue weighted by atomic mass is 32.2. The number of ether oxygens (including phenoxy) is 1. The molecule has 2 N–H and O–H groups in total. The van der Waals surface area contributed by atoms with Crippen molar-refractivity contribution >= 4 is 33.2 Å². The number of hydrogen-bond acceptors (Lipinski definition) is 7. The van der Waals surface area contributed by atoms with Crippen LogP contribution in [0.1, 0.15) is 12.1 Å². The molecule has 1 unspecified atom stereocenters. The van der Waals surface area contributed by atoms with Gasteiger partial charge < -0.3 is 15.4 Å². The van der Waals surface area contributed by atoms with E-state index in [9.17, 15) is 18.0 Å². The quantitative estimate of drug-likeness (QED) is 0.645. The van der Waals surface area contributed by atoms with E-state index in [1.165, 1.54) is 10.4 Å². The van der Waals surface area contributed by atoms with Gasteiger partial charge in [0.25, 0.3) is 10.0 Å². The molecule has 28 heavy (non-hydrogen) atoms. The maximum atomic E-state index is 12.8. The highest BCUT2D eigenvalue weighted by Gasteiger charge is 2.35. The third-order valence-electron chi connectivity index (χ3n) is 4.01. The van der Waals surface area contributed by atoms with Crippen molar-refractivity contribution in [2.75, 3.05) is 19.7 Å². The van der Waals surface area contributed by atoms with Crippen molar-refractivity contribution in [1.82, 2.24) is 19.9 Å². The third-order valence-corrected chi connectivity index (χ3v) is 7.27. The number of hydrogen-bond donors (Lipinski definition) is 2. The SMILES string of the molecule is O=C(NCc1ccccn1)C(=O)NCC1OCCCN1S(=O)(=O)c1cccs1. The molecule has 0 aromatic carbocycles. The first-order valence-corrected chi connectivity index (χ1v) is 10.9. The minimum Gasteiger partial charge on any atom is -0.360 e. The lowest BCUT2D eigenvalue weighted by Gasteiger charge is -2.34. The van der Waals surface area contributed by atoms with Crippen LogP contribution in [-0.4, -0.2) is 55.4 Å². The highest BCUT2D eigenvalue weighted by molar-refractivity contribution is 7.91. The molecule has 150 valence electrons. The van der Waals surface area contributed by atoms with E-state index in [2.05, 4.69) is 15.6 Å². The number of aromatic nitrogens is 1. The Hall–Kier alpha value is -2.34. The fourth-order valence-corrected chi connectivity index (χ4v) is 5.33. The summed E-state index contributed by atoms with van der Waals surface area (Å²) in [6, 6.07) is 8.43. The molecule has 0 bridgehead atoms. The van der Waals surface area contributed by atoms with E-state index in [0.29, 0.717) is 18.7 Å². The predicted octanol–water partition coefficient (Wildman–Crippen LogP) is 0.313. The Bertz CT molecular complexity index is 903. The van der Waals surface area contributed by atoms with Crippen molar-refractivity contribution in [1.29, 1.82) is 0 Å². The summed E-state index contributed by atoms with van der Waals surface area (Å²) in [6.07, 6.45) is 1.28. The number of amides is 2. The molecule has 3 rings (SSSR count). The standard InChI is InChI=1S/C17H20N4O5S2/c22-16(19-11-13-5-1-2-7-18-13)17(23)20-12-14-21(8-4-9-26-14)28(24,25)15-6-3-10-27-15/h1-3,5-7,10,14H,4,8-9,11-12H2,(H,19,22)(H,20,23). The molecule has 1 saturated heterocycles. The zero-order valence-electron chi connectivity index (χ0n) is 14.9. The molecule has 1 fully saturated rings. The van der Waals surface area contributed by atoms with E-state index in [-0.39, 0.29) is 23.8 Å². The van der Waals surface area contributed by atoms with Crippen LogP contribution in [0, 0.1) is 0 Å². The Morgan fingerprint density at radius 3 is 2.75 bits per heavy atom. The van der Waals surface area contributed by atoms with Crippen LogP contribution < -0.4 is 10.6 Å². The van der Waals surface area contributed by atoms with E-state index in [1.54, 1.807) is 35.8 Å². The summed E-state index contributed by atoms with van der Waals surface area (Å²) < 4.78 is 32.5. The highest BCUT2D eigenvalue weighted by Crippen LogP contribution is 2.25. The fourth-order valence-electron chi connectivity index (χ4n) is 2.64. The average molecular weight is 425 g/mol. The minimum atomic E-state index is -3.72. The summed E-state index contributed by atoms with van der Waals surface area (Å²) in [7, 11) is -3.72. The summed E-state index contributed by atoms with van der Waals surface area (Å²) in [5, 5.41) is 6.58. The molecular weight excluding hydrogens is 404 g/mol.